The lowest BCUT2D eigenvalue weighted by molar-refractivity contribution is -0.220. The smallest absolute Gasteiger partial charge is 0.462 e. The molecule has 0 saturated heterocycles. The SMILES string of the molecule is CCCCC/C=C\C/C=C\CCCCCCCCCCCC(=O)OC(COC(=O)CCCCCCCCC/C=C\C/C=C\CCCCC)COP(=O)(O)OC1C(O)C(O)C(O)C(O)C1O. The van der Waals surface area contributed by atoms with Gasteiger partial charge in [0.15, 0.2) is 6.10 Å². The minimum atomic E-state index is -5.13. The van der Waals surface area contributed by atoms with Gasteiger partial charge in [0.25, 0.3) is 0 Å². The van der Waals surface area contributed by atoms with Crippen LogP contribution in [0.2, 0.25) is 0 Å². The number of hydrogen-bond acceptors (Lipinski definition) is 12. The summed E-state index contributed by atoms with van der Waals surface area (Å²) in [7, 11) is -5.13. The summed E-state index contributed by atoms with van der Waals surface area (Å²) in [4.78, 5) is 35.8. The molecule has 1 saturated carbocycles. The van der Waals surface area contributed by atoms with Crippen LogP contribution in [0.3, 0.4) is 0 Å². The molecule has 0 spiro atoms. The van der Waals surface area contributed by atoms with E-state index >= 15 is 0 Å². The Morgan fingerprint density at radius 3 is 1.25 bits per heavy atom. The van der Waals surface area contributed by atoms with Gasteiger partial charge in [0.1, 0.15) is 43.2 Å². The second-order valence-corrected chi connectivity index (χ2v) is 19.1. The van der Waals surface area contributed by atoms with Crippen molar-refractivity contribution in [3.8, 4) is 0 Å². The van der Waals surface area contributed by atoms with Crippen LogP contribution in [0.25, 0.3) is 0 Å². The van der Waals surface area contributed by atoms with Crippen molar-refractivity contribution in [3.05, 3.63) is 48.6 Å². The van der Waals surface area contributed by atoms with Gasteiger partial charge >= 0.3 is 19.8 Å². The number of carbonyl (C=O) groups excluding carboxylic acids is 2. The molecule has 6 unspecified atom stereocenters. The first kappa shape index (κ1) is 60.8. The second-order valence-electron chi connectivity index (χ2n) is 17.7. The molecule has 1 fully saturated rings. The lowest BCUT2D eigenvalue weighted by Crippen LogP contribution is -2.64. The molecule has 0 aliphatic heterocycles. The lowest BCUT2D eigenvalue weighted by Gasteiger charge is -2.41. The van der Waals surface area contributed by atoms with Gasteiger partial charge in [0, 0.05) is 12.8 Å². The van der Waals surface area contributed by atoms with Crippen LogP contribution in [0.15, 0.2) is 48.6 Å². The topological polar surface area (TPSA) is 210 Å². The predicted molar refractivity (Wildman–Crippen MR) is 258 cm³/mol. The molecule has 1 aliphatic rings. The Labute approximate surface area is 392 Å². The Bertz CT molecular complexity index is 1320. The zero-order chi connectivity index (χ0) is 47.8. The van der Waals surface area contributed by atoms with Crippen LogP contribution in [-0.2, 0) is 32.7 Å². The van der Waals surface area contributed by atoms with E-state index in [1.807, 2.05) is 0 Å². The highest BCUT2D eigenvalue weighted by molar-refractivity contribution is 7.47. The van der Waals surface area contributed by atoms with Crippen LogP contribution in [-0.4, -0.2) is 98.3 Å². The first-order chi connectivity index (χ1) is 31.4. The highest BCUT2D eigenvalue weighted by Gasteiger charge is 2.51. The number of allylic oxidation sites excluding steroid dienone is 8. The van der Waals surface area contributed by atoms with Gasteiger partial charge in [-0.15, -0.1) is 0 Å². The van der Waals surface area contributed by atoms with E-state index in [9.17, 15) is 44.6 Å². The van der Waals surface area contributed by atoms with Crippen molar-refractivity contribution in [2.75, 3.05) is 13.2 Å². The molecule has 6 N–H and O–H groups in total. The molecular weight excluding hydrogens is 852 g/mol. The van der Waals surface area contributed by atoms with Crippen LogP contribution in [0.5, 0.6) is 0 Å². The maximum atomic E-state index is 12.8. The van der Waals surface area contributed by atoms with E-state index in [1.165, 1.54) is 83.5 Å². The van der Waals surface area contributed by atoms with Gasteiger partial charge in [0.05, 0.1) is 6.61 Å². The highest BCUT2D eigenvalue weighted by Crippen LogP contribution is 2.47. The van der Waals surface area contributed by atoms with E-state index in [0.29, 0.717) is 12.8 Å². The Kier molecular flexibility index (Phi) is 38.2. The lowest BCUT2D eigenvalue weighted by atomic mass is 9.85. The van der Waals surface area contributed by atoms with Gasteiger partial charge in [-0.2, -0.15) is 0 Å². The number of phosphoric ester groups is 1. The first-order valence-electron chi connectivity index (χ1n) is 25.4. The summed E-state index contributed by atoms with van der Waals surface area (Å²) in [5, 5.41) is 50.3. The third-order valence-corrected chi connectivity index (χ3v) is 12.6. The molecule has 0 aromatic rings. The normalized spacial score (nSPS) is 21.8. The molecule has 0 amide bonds. The van der Waals surface area contributed by atoms with Gasteiger partial charge in [-0.1, -0.05) is 165 Å². The van der Waals surface area contributed by atoms with Crippen molar-refractivity contribution in [1.29, 1.82) is 0 Å². The number of phosphoric acid groups is 1. The van der Waals surface area contributed by atoms with Crippen molar-refractivity contribution in [3.63, 3.8) is 0 Å². The number of esters is 2. The van der Waals surface area contributed by atoms with Gasteiger partial charge in [-0.05, 0) is 77.0 Å². The summed E-state index contributed by atoms with van der Waals surface area (Å²) in [6, 6.07) is 0. The molecule has 0 aromatic carbocycles. The molecule has 1 rings (SSSR count). The van der Waals surface area contributed by atoms with Gasteiger partial charge in [0.2, 0.25) is 0 Å². The fourth-order valence-corrected chi connectivity index (χ4v) is 8.50. The third kappa shape index (κ3) is 33.0. The van der Waals surface area contributed by atoms with E-state index in [4.69, 9.17) is 18.5 Å². The van der Waals surface area contributed by atoms with Crippen molar-refractivity contribution >= 4 is 19.8 Å². The number of unbranched alkanes of at least 4 members (excludes halogenated alkanes) is 22. The number of hydrogen-bond donors (Lipinski definition) is 6. The minimum Gasteiger partial charge on any atom is -0.462 e. The van der Waals surface area contributed by atoms with Crippen LogP contribution < -0.4 is 0 Å². The number of carbonyl (C=O) groups is 2. The fraction of sp³-hybridized carbons (Fsp3) is 0.804. The number of ether oxygens (including phenoxy) is 2. The maximum Gasteiger partial charge on any atom is 0.472 e. The summed E-state index contributed by atoms with van der Waals surface area (Å²) in [5.74, 6) is -1.11. The Morgan fingerprint density at radius 1 is 0.477 bits per heavy atom. The Hall–Kier alpha value is -2.19. The summed E-state index contributed by atoms with van der Waals surface area (Å²) in [6.45, 7) is 3.26. The zero-order valence-electron chi connectivity index (χ0n) is 40.3. The molecule has 0 heterocycles. The second kappa shape index (κ2) is 40.8. The standard InChI is InChI=1S/C51H91O13P/c1-3-5-7-9-11-13-15-17-19-21-22-24-26-28-30-32-34-36-38-40-45(53)63-43(42-62-65(59,60)64-51-49(57)47(55)46(54)48(56)50(51)58)41-61-44(52)39-37-35-33-31-29-27-25-23-20-18-16-14-12-10-8-6-4-2/h11-14,17-20,43,46-51,54-58H,3-10,15-16,21-42H2,1-2H3,(H,59,60)/b13-11-,14-12-,19-17-,20-18-. The summed E-state index contributed by atoms with van der Waals surface area (Å²) >= 11 is 0. The Balaban J connectivity index is 2.42. The third-order valence-electron chi connectivity index (χ3n) is 11.6. The average Bonchev–Trinajstić information content (AvgIpc) is 3.29. The van der Waals surface area contributed by atoms with Crippen LogP contribution in [0.4, 0.5) is 0 Å². The summed E-state index contributed by atoms with van der Waals surface area (Å²) in [5.41, 5.74) is 0. The molecule has 65 heavy (non-hydrogen) atoms. The molecule has 0 aromatic heterocycles. The van der Waals surface area contributed by atoms with Crippen LogP contribution in [0.1, 0.15) is 206 Å². The summed E-state index contributed by atoms with van der Waals surface area (Å²) in [6.07, 6.45) is 35.8. The highest BCUT2D eigenvalue weighted by atomic mass is 31.2. The monoisotopic (exact) mass is 943 g/mol. The van der Waals surface area contributed by atoms with Crippen LogP contribution in [0, 0.1) is 0 Å². The number of aliphatic hydroxyl groups is 5. The number of rotatable bonds is 42. The van der Waals surface area contributed by atoms with E-state index < -0.39 is 75.7 Å². The van der Waals surface area contributed by atoms with Gasteiger partial charge < -0.3 is 39.9 Å². The number of aliphatic hydroxyl groups excluding tert-OH is 5. The van der Waals surface area contributed by atoms with Crippen molar-refractivity contribution in [2.45, 2.75) is 249 Å². The van der Waals surface area contributed by atoms with E-state index in [0.717, 1.165) is 83.5 Å². The zero-order valence-corrected chi connectivity index (χ0v) is 41.2. The fourth-order valence-electron chi connectivity index (χ4n) is 7.52. The molecule has 1 aliphatic carbocycles. The first-order valence-corrected chi connectivity index (χ1v) is 26.9. The van der Waals surface area contributed by atoms with Gasteiger partial charge in [-0.25, -0.2) is 4.57 Å². The molecule has 14 heteroatoms. The Morgan fingerprint density at radius 2 is 0.831 bits per heavy atom. The van der Waals surface area contributed by atoms with Gasteiger partial charge in [-0.3, -0.25) is 18.6 Å². The van der Waals surface area contributed by atoms with E-state index in [2.05, 4.69) is 62.5 Å². The molecule has 0 radical (unpaired) electrons. The molecular formula is C51H91O13P. The molecule has 0 bridgehead atoms. The molecule has 6 atom stereocenters. The molecule has 13 nitrogen and oxygen atoms in total. The average molecular weight is 943 g/mol. The largest absolute Gasteiger partial charge is 0.472 e. The molecule has 378 valence electrons. The van der Waals surface area contributed by atoms with E-state index in [-0.39, 0.29) is 12.8 Å². The van der Waals surface area contributed by atoms with Crippen molar-refractivity contribution in [2.24, 2.45) is 0 Å². The van der Waals surface area contributed by atoms with E-state index in [1.54, 1.807) is 0 Å². The predicted octanol–water partition coefficient (Wildman–Crippen LogP) is 10.7. The van der Waals surface area contributed by atoms with Crippen LogP contribution >= 0.6 is 7.82 Å². The van der Waals surface area contributed by atoms with Crippen molar-refractivity contribution < 1.29 is 63.1 Å². The minimum absolute atomic E-state index is 0.0893. The maximum absolute atomic E-state index is 12.8. The summed E-state index contributed by atoms with van der Waals surface area (Å²) < 4.78 is 33.6. The van der Waals surface area contributed by atoms with Crippen molar-refractivity contribution in [1.82, 2.24) is 0 Å². The quantitative estimate of drug-likeness (QED) is 0.0146.